The van der Waals surface area contributed by atoms with Crippen LogP contribution in [0.3, 0.4) is 0 Å². The van der Waals surface area contributed by atoms with Gasteiger partial charge in [-0.1, -0.05) is 19.3 Å². The molecule has 0 saturated heterocycles. The van der Waals surface area contributed by atoms with Crippen LogP contribution >= 0.6 is 15.9 Å². The average Bonchev–Trinajstić information content (AvgIpc) is 2.70. The zero-order valence-electron chi connectivity index (χ0n) is 12.3. The number of allylic oxidation sites excluding steroid dienone is 2. The zero-order valence-corrected chi connectivity index (χ0v) is 13.9. The van der Waals surface area contributed by atoms with Crippen molar-refractivity contribution >= 4 is 33.6 Å². The summed E-state index contributed by atoms with van der Waals surface area (Å²) in [5.74, 6) is 0. The molecule has 1 heterocycles. The lowest BCUT2D eigenvalue weighted by Crippen LogP contribution is -2.32. The topological polar surface area (TPSA) is 63.5 Å². The molecule has 1 aromatic carbocycles. The van der Waals surface area contributed by atoms with E-state index in [4.69, 9.17) is 0 Å². The highest BCUT2D eigenvalue weighted by molar-refractivity contribution is 9.10. The molecule has 0 aromatic heterocycles. The second kappa shape index (κ2) is 5.50. The minimum absolute atomic E-state index is 0.0592. The van der Waals surface area contributed by atoms with Crippen molar-refractivity contribution in [3.05, 3.63) is 44.1 Å². The summed E-state index contributed by atoms with van der Waals surface area (Å²) >= 11 is 3.33. The van der Waals surface area contributed by atoms with Crippen LogP contribution in [-0.2, 0) is 10.2 Å². The highest BCUT2D eigenvalue weighted by atomic mass is 79.9. The Balaban J connectivity index is 2.24. The first kappa shape index (κ1) is 15.2. The van der Waals surface area contributed by atoms with Gasteiger partial charge in [0.15, 0.2) is 0 Å². The monoisotopic (exact) mass is 364 g/mol. The first-order valence-corrected chi connectivity index (χ1v) is 8.18. The van der Waals surface area contributed by atoms with Gasteiger partial charge in [-0.05, 0) is 46.5 Å². The quantitative estimate of drug-likeness (QED) is 0.343. The molecule has 1 spiro atoms. The second-order valence-electron chi connectivity index (χ2n) is 5.97. The molecule has 1 aliphatic carbocycles. The zero-order chi connectivity index (χ0) is 15.9. The number of anilines is 1. The Hall–Kier alpha value is -1.69. The molecular weight excluding hydrogens is 348 g/mol. The normalized spacial score (nSPS) is 21.2. The maximum atomic E-state index is 11.2. The van der Waals surface area contributed by atoms with Gasteiger partial charge in [0.2, 0.25) is 0 Å². The molecule has 6 heteroatoms. The van der Waals surface area contributed by atoms with Crippen molar-refractivity contribution in [1.82, 2.24) is 0 Å². The number of nitro benzene ring substituents is 1. The standard InChI is InChI=1S/C16H17BrN2O3/c1-18-13-10-14(19(21)22)12(17)9-11(13)16(15(18)5-8-20)6-3-2-4-7-16/h5,8-10H,2-4,6-7H2,1H3/b15-5-. The van der Waals surface area contributed by atoms with E-state index in [1.54, 1.807) is 12.1 Å². The third-order valence-corrected chi connectivity index (χ3v) is 5.56. The molecule has 0 N–H and O–H groups in total. The Labute approximate surface area is 137 Å². The number of aldehydes is 1. The van der Waals surface area contributed by atoms with Gasteiger partial charge in [0.05, 0.1) is 15.1 Å². The Kier molecular flexibility index (Phi) is 3.80. The van der Waals surface area contributed by atoms with Crippen LogP contribution in [0.2, 0.25) is 0 Å². The van der Waals surface area contributed by atoms with Crippen LogP contribution in [0.4, 0.5) is 11.4 Å². The molecule has 5 nitrogen and oxygen atoms in total. The number of nitrogens with zero attached hydrogens (tertiary/aromatic N) is 2. The summed E-state index contributed by atoms with van der Waals surface area (Å²) in [6, 6.07) is 3.49. The van der Waals surface area contributed by atoms with E-state index >= 15 is 0 Å². The van der Waals surface area contributed by atoms with Crippen molar-refractivity contribution in [1.29, 1.82) is 0 Å². The number of hydrogen-bond donors (Lipinski definition) is 0. The highest BCUT2D eigenvalue weighted by Crippen LogP contribution is 2.56. The summed E-state index contributed by atoms with van der Waals surface area (Å²) in [4.78, 5) is 23.9. The molecule has 0 unspecified atom stereocenters. The number of carbonyl (C=O) groups is 1. The summed E-state index contributed by atoms with van der Waals surface area (Å²) in [5.41, 5.74) is 2.78. The van der Waals surface area contributed by atoms with Gasteiger partial charge in [-0.2, -0.15) is 0 Å². The van der Waals surface area contributed by atoms with E-state index in [2.05, 4.69) is 15.9 Å². The van der Waals surface area contributed by atoms with Crippen LogP contribution in [0.15, 0.2) is 28.4 Å². The number of benzene rings is 1. The molecule has 1 saturated carbocycles. The lowest BCUT2D eigenvalue weighted by atomic mass is 9.68. The van der Waals surface area contributed by atoms with Crippen LogP contribution in [0.25, 0.3) is 0 Å². The maximum absolute atomic E-state index is 11.2. The van der Waals surface area contributed by atoms with Gasteiger partial charge >= 0.3 is 0 Å². The third kappa shape index (κ3) is 2.08. The fourth-order valence-corrected chi connectivity index (χ4v) is 4.45. The molecule has 0 amide bonds. The van der Waals surface area contributed by atoms with E-state index in [0.717, 1.165) is 48.9 Å². The minimum Gasteiger partial charge on any atom is -0.347 e. The predicted octanol–water partition coefficient (Wildman–Crippen LogP) is 4.09. The molecule has 2 aliphatic rings. The van der Waals surface area contributed by atoms with Crippen molar-refractivity contribution in [3.8, 4) is 0 Å². The van der Waals surface area contributed by atoms with Gasteiger partial charge < -0.3 is 4.90 Å². The number of fused-ring (bicyclic) bond motifs is 2. The lowest BCUT2D eigenvalue weighted by Gasteiger charge is -2.36. The summed E-state index contributed by atoms with van der Waals surface area (Å²) in [6.07, 6.45) is 7.81. The van der Waals surface area contributed by atoms with Crippen molar-refractivity contribution in [2.45, 2.75) is 37.5 Å². The van der Waals surface area contributed by atoms with Crippen molar-refractivity contribution in [2.75, 3.05) is 11.9 Å². The Bertz CT molecular complexity index is 678. The number of rotatable bonds is 2. The molecule has 1 fully saturated rings. The summed E-state index contributed by atoms with van der Waals surface area (Å²) in [5, 5.41) is 11.2. The van der Waals surface area contributed by atoms with Crippen LogP contribution in [-0.4, -0.2) is 18.3 Å². The highest BCUT2D eigenvalue weighted by Gasteiger charge is 2.47. The van der Waals surface area contributed by atoms with Crippen LogP contribution in [0, 0.1) is 10.1 Å². The summed E-state index contributed by atoms with van der Waals surface area (Å²) in [7, 11) is 1.88. The molecule has 0 bridgehead atoms. The summed E-state index contributed by atoms with van der Waals surface area (Å²) < 4.78 is 0.502. The van der Waals surface area contributed by atoms with Gasteiger partial charge in [-0.3, -0.25) is 14.9 Å². The van der Waals surface area contributed by atoms with Gasteiger partial charge in [-0.15, -0.1) is 0 Å². The molecule has 116 valence electrons. The number of halogens is 1. The molecule has 1 aromatic rings. The van der Waals surface area contributed by atoms with E-state index in [-0.39, 0.29) is 16.0 Å². The Morgan fingerprint density at radius 3 is 2.59 bits per heavy atom. The van der Waals surface area contributed by atoms with Gasteiger partial charge in [0, 0.05) is 24.2 Å². The molecule has 0 radical (unpaired) electrons. The van der Waals surface area contributed by atoms with Crippen molar-refractivity contribution < 1.29 is 9.72 Å². The largest absolute Gasteiger partial charge is 0.347 e. The Morgan fingerprint density at radius 1 is 1.32 bits per heavy atom. The molecule has 1 aliphatic heterocycles. The number of likely N-dealkylation sites (N-methyl/N-ethyl adjacent to an activating group) is 1. The van der Waals surface area contributed by atoms with Crippen molar-refractivity contribution in [3.63, 3.8) is 0 Å². The van der Waals surface area contributed by atoms with Crippen LogP contribution < -0.4 is 4.90 Å². The average molecular weight is 365 g/mol. The molecule has 0 atom stereocenters. The van der Waals surface area contributed by atoms with E-state index < -0.39 is 0 Å². The first-order chi connectivity index (χ1) is 10.5. The van der Waals surface area contributed by atoms with E-state index in [0.29, 0.717) is 4.47 Å². The molecular formula is C16H17BrN2O3. The predicted molar refractivity (Wildman–Crippen MR) is 88.1 cm³/mol. The van der Waals surface area contributed by atoms with E-state index in [1.807, 2.05) is 18.0 Å². The van der Waals surface area contributed by atoms with Crippen LogP contribution in [0.1, 0.15) is 37.7 Å². The Morgan fingerprint density at radius 2 is 2.00 bits per heavy atom. The van der Waals surface area contributed by atoms with Crippen molar-refractivity contribution in [2.24, 2.45) is 0 Å². The van der Waals surface area contributed by atoms with E-state index in [9.17, 15) is 14.9 Å². The SMILES string of the molecule is CN1/C(=C\C=O)C2(CCCCC2)c2cc(Br)c([N+](=O)[O-])cc21. The fraction of sp³-hybridized carbons (Fsp3) is 0.438. The maximum Gasteiger partial charge on any atom is 0.285 e. The van der Waals surface area contributed by atoms with Gasteiger partial charge in [0.25, 0.3) is 5.69 Å². The third-order valence-electron chi connectivity index (χ3n) is 4.92. The summed E-state index contributed by atoms with van der Waals surface area (Å²) in [6.45, 7) is 0. The van der Waals surface area contributed by atoms with E-state index in [1.165, 1.54) is 6.42 Å². The fourth-order valence-electron chi connectivity index (χ4n) is 3.96. The van der Waals surface area contributed by atoms with Gasteiger partial charge in [0.1, 0.15) is 6.29 Å². The number of carbonyl (C=O) groups excluding carboxylic acids is 1. The molecule has 22 heavy (non-hydrogen) atoms. The minimum atomic E-state index is -0.382. The first-order valence-electron chi connectivity index (χ1n) is 7.39. The van der Waals surface area contributed by atoms with Gasteiger partial charge in [-0.25, -0.2) is 0 Å². The van der Waals surface area contributed by atoms with Crippen LogP contribution in [0.5, 0.6) is 0 Å². The lowest BCUT2D eigenvalue weighted by molar-refractivity contribution is -0.385. The number of hydrogen-bond acceptors (Lipinski definition) is 4. The molecule has 3 rings (SSSR count). The second-order valence-corrected chi connectivity index (χ2v) is 6.82. The number of nitro groups is 1. The smallest absolute Gasteiger partial charge is 0.285 e.